The minimum atomic E-state index is -5.00. The maximum Gasteiger partial charge on any atom is 0.471 e. The number of aromatic nitrogens is 2. The van der Waals surface area contributed by atoms with E-state index in [-0.39, 0.29) is 11.7 Å². The summed E-state index contributed by atoms with van der Waals surface area (Å²) in [5.41, 5.74) is 1.03. The molecule has 0 bridgehead atoms. The number of alkyl halides is 3. The van der Waals surface area contributed by atoms with Gasteiger partial charge >= 0.3 is 12.1 Å². The van der Waals surface area contributed by atoms with Crippen LogP contribution in [0.4, 0.5) is 30.6 Å². The number of hydrogen-bond donors (Lipinski definition) is 1. The van der Waals surface area contributed by atoms with Gasteiger partial charge in [-0.3, -0.25) is 4.79 Å². The van der Waals surface area contributed by atoms with Crippen LogP contribution in [0.1, 0.15) is 45.1 Å². The Bertz CT molecular complexity index is 1040. The molecule has 1 aromatic heterocycles. The number of hydrogen-bond acceptors (Lipinski definition) is 7. The van der Waals surface area contributed by atoms with E-state index in [9.17, 15) is 18.0 Å². The Morgan fingerprint density at radius 1 is 1.08 bits per heavy atom. The summed E-state index contributed by atoms with van der Waals surface area (Å²) in [6.07, 6.45) is -1.28. The topological polar surface area (TPSA) is 79.8 Å². The highest BCUT2D eigenvalue weighted by molar-refractivity contribution is 5.98. The third-order valence-corrected chi connectivity index (χ3v) is 6.03. The van der Waals surface area contributed by atoms with Crippen molar-refractivity contribution in [3.63, 3.8) is 0 Å². The van der Waals surface area contributed by atoms with Crippen molar-refractivity contribution >= 4 is 23.4 Å². The van der Waals surface area contributed by atoms with Crippen molar-refractivity contribution < 1.29 is 27.4 Å². The Morgan fingerprint density at radius 2 is 1.72 bits per heavy atom. The molecule has 0 aliphatic heterocycles. The molecule has 2 aromatic rings. The average molecular weight is 510 g/mol. The number of nitrogens with zero attached hydrogens (tertiary/aromatic N) is 4. The predicted octanol–water partition coefficient (Wildman–Crippen LogP) is 4.97. The zero-order valence-electron chi connectivity index (χ0n) is 21.4. The Hall–Kier alpha value is -3.24. The van der Waals surface area contributed by atoms with Crippen molar-refractivity contribution in [3.05, 3.63) is 30.0 Å². The van der Waals surface area contributed by atoms with E-state index in [2.05, 4.69) is 15.3 Å². The molecule has 1 saturated carbocycles. The first kappa shape index (κ1) is 27.3. The van der Waals surface area contributed by atoms with Crippen LogP contribution in [-0.2, 0) is 4.79 Å². The van der Waals surface area contributed by atoms with E-state index in [4.69, 9.17) is 9.47 Å². The minimum Gasteiger partial charge on any atom is -0.490 e. The molecule has 1 heterocycles. The van der Waals surface area contributed by atoms with Crippen LogP contribution in [0.5, 0.6) is 11.5 Å². The number of amides is 1. The number of benzene rings is 1. The number of rotatable bonds is 9. The van der Waals surface area contributed by atoms with Crippen molar-refractivity contribution in [1.82, 2.24) is 9.97 Å². The lowest BCUT2D eigenvalue weighted by atomic mass is 9.89. The number of carbonyl (C=O) groups is 1. The first-order valence-electron chi connectivity index (χ1n) is 12.1. The predicted molar refractivity (Wildman–Crippen MR) is 133 cm³/mol. The molecule has 1 fully saturated rings. The van der Waals surface area contributed by atoms with E-state index in [0.717, 1.165) is 10.5 Å². The van der Waals surface area contributed by atoms with Crippen LogP contribution < -0.4 is 24.6 Å². The molecule has 11 heteroatoms. The fourth-order valence-electron chi connectivity index (χ4n) is 4.29. The Labute approximate surface area is 209 Å². The second kappa shape index (κ2) is 11.7. The second-order valence-corrected chi connectivity index (χ2v) is 8.92. The van der Waals surface area contributed by atoms with Gasteiger partial charge in [-0.2, -0.15) is 18.2 Å². The van der Waals surface area contributed by atoms with Crippen LogP contribution in [0.25, 0.3) is 0 Å². The van der Waals surface area contributed by atoms with E-state index in [1.54, 1.807) is 31.0 Å². The van der Waals surface area contributed by atoms with Crippen LogP contribution in [0.15, 0.2) is 24.4 Å². The lowest BCUT2D eigenvalue weighted by Crippen LogP contribution is -2.49. The van der Waals surface area contributed by atoms with Crippen LogP contribution in [0.3, 0.4) is 0 Å². The van der Waals surface area contributed by atoms with Gasteiger partial charge in [0.1, 0.15) is 5.82 Å². The minimum absolute atomic E-state index is 0.0204. The molecule has 1 N–H and O–H groups in total. The standard InChI is InChI=1S/C25H34F3N5O3/c1-6-35-20-13-12-19(14-21(20)36-7-2)33(23(34)25(26,27)28)18-10-8-17(9-11-18)30-22-16(3)15-29-24(31-22)32(4)5/h12-15,17-18H,6-11H2,1-5H3,(H,29,30,31). The van der Waals surface area contributed by atoms with E-state index >= 15 is 0 Å². The van der Waals surface area contributed by atoms with E-state index in [0.29, 0.717) is 62.2 Å². The van der Waals surface area contributed by atoms with Crippen LogP contribution in [-0.4, -0.2) is 61.4 Å². The lowest BCUT2D eigenvalue weighted by Gasteiger charge is -2.37. The van der Waals surface area contributed by atoms with Crippen molar-refractivity contribution in [2.45, 2.75) is 64.7 Å². The highest BCUT2D eigenvalue weighted by atomic mass is 19.4. The van der Waals surface area contributed by atoms with Gasteiger partial charge in [-0.1, -0.05) is 0 Å². The number of nitrogens with one attached hydrogen (secondary N) is 1. The Balaban J connectivity index is 1.81. The van der Waals surface area contributed by atoms with Gasteiger partial charge in [0.05, 0.1) is 13.2 Å². The van der Waals surface area contributed by atoms with Gasteiger partial charge in [0.15, 0.2) is 11.5 Å². The third kappa shape index (κ3) is 6.50. The van der Waals surface area contributed by atoms with Crippen LogP contribution >= 0.6 is 0 Å². The molecule has 0 radical (unpaired) electrons. The van der Waals surface area contributed by atoms with Gasteiger partial charge in [0.25, 0.3) is 0 Å². The summed E-state index contributed by atoms with van der Waals surface area (Å²) >= 11 is 0. The molecule has 0 saturated heterocycles. The van der Waals surface area contributed by atoms with Gasteiger partial charge in [-0.05, 0) is 58.6 Å². The normalized spacial score (nSPS) is 17.9. The zero-order valence-corrected chi connectivity index (χ0v) is 21.4. The first-order valence-corrected chi connectivity index (χ1v) is 12.1. The van der Waals surface area contributed by atoms with Crippen molar-refractivity contribution in [1.29, 1.82) is 0 Å². The lowest BCUT2D eigenvalue weighted by molar-refractivity contribution is -0.171. The summed E-state index contributed by atoms with van der Waals surface area (Å²) in [7, 11) is 3.70. The Morgan fingerprint density at radius 3 is 2.31 bits per heavy atom. The smallest absolute Gasteiger partial charge is 0.471 e. The number of halogens is 3. The SMILES string of the molecule is CCOc1ccc(N(C(=O)C(F)(F)F)C2CCC(Nc3nc(N(C)C)ncc3C)CC2)cc1OCC. The van der Waals surface area contributed by atoms with E-state index in [1.807, 2.05) is 21.0 Å². The second-order valence-electron chi connectivity index (χ2n) is 8.92. The molecular weight excluding hydrogens is 475 g/mol. The molecule has 0 spiro atoms. The van der Waals surface area contributed by atoms with Crippen LogP contribution in [0.2, 0.25) is 0 Å². The molecule has 0 unspecified atom stereocenters. The molecule has 198 valence electrons. The van der Waals surface area contributed by atoms with Gasteiger partial charge < -0.3 is 24.6 Å². The van der Waals surface area contributed by atoms with E-state index < -0.39 is 18.1 Å². The monoisotopic (exact) mass is 509 g/mol. The summed E-state index contributed by atoms with van der Waals surface area (Å²) in [6, 6.07) is 3.90. The summed E-state index contributed by atoms with van der Waals surface area (Å²) < 4.78 is 52.0. The first-order chi connectivity index (χ1) is 17.0. The van der Waals surface area contributed by atoms with E-state index in [1.165, 1.54) is 12.1 Å². The summed E-state index contributed by atoms with van der Waals surface area (Å²) in [6.45, 7) is 6.17. The average Bonchev–Trinajstić information content (AvgIpc) is 2.82. The van der Waals surface area contributed by atoms with Gasteiger partial charge in [0, 0.05) is 49.7 Å². The molecule has 1 aromatic carbocycles. The van der Waals surface area contributed by atoms with Crippen molar-refractivity contribution in [2.24, 2.45) is 0 Å². The zero-order chi connectivity index (χ0) is 26.5. The maximum atomic E-state index is 13.6. The number of carbonyl (C=O) groups excluding carboxylic acids is 1. The fraction of sp³-hybridized carbons (Fsp3) is 0.560. The number of aryl methyl sites for hydroxylation is 1. The van der Waals surface area contributed by atoms with Crippen LogP contribution in [0, 0.1) is 6.92 Å². The summed E-state index contributed by atoms with van der Waals surface area (Å²) in [5.74, 6) is 0.121. The van der Waals surface area contributed by atoms with Gasteiger partial charge in [0.2, 0.25) is 5.95 Å². The summed E-state index contributed by atoms with van der Waals surface area (Å²) in [5, 5.41) is 3.41. The van der Waals surface area contributed by atoms with Crippen molar-refractivity contribution in [2.75, 3.05) is 42.4 Å². The molecule has 1 aliphatic rings. The maximum absolute atomic E-state index is 13.6. The van der Waals surface area contributed by atoms with Crippen molar-refractivity contribution in [3.8, 4) is 11.5 Å². The highest BCUT2D eigenvalue weighted by Crippen LogP contribution is 2.37. The Kier molecular flexibility index (Phi) is 8.86. The van der Waals surface area contributed by atoms with Gasteiger partial charge in [-0.25, -0.2) is 4.98 Å². The largest absolute Gasteiger partial charge is 0.490 e. The third-order valence-electron chi connectivity index (χ3n) is 6.03. The molecule has 1 amide bonds. The molecular formula is C25H34F3N5O3. The highest BCUT2D eigenvalue weighted by Gasteiger charge is 2.46. The van der Waals surface area contributed by atoms with Gasteiger partial charge in [-0.15, -0.1) is 0 Å². The molecule has 3 rings (SSSR count). The quantitative estimate of drug-likeness (QED) is 0.511. The molecule has 36 heavy (non-hydrogen) atoms. The molecule has 0 atom stereocenters. The number of ether oxygens (including phenoxy) is 2. The summed E-state index contributed by atoms with van der Waals surface area (Å²) in [4.78, 5) is 24.1. The number of anilines is 3. The fourth-order valence-corrected chi connectivity index (χ4v) is 4.29. The molecule has 8 nitrogen and oxygen atoms in total. The molecule has 1 aliphatic carbocycles.